The summed E-state index contributed by atoms with van der Waals surface area (Å²) in [5.41, 5.74) is 2.07. The van der Waals surface area contributed by atoms with Gasteiger partial charge in [0.1, 0.15) is 0 Å². The van der Waals surface area contributed by atoms with Crippen LogP contribution in [0, 0.1) is 6.92 Å². The fourth-order valence-corrected chi connectivity index (χ4v) is 0.890. The molecule has 0 aliphatic heterocycles. The monoisotopic (exact) mass is 181 g/mol. The number of aryl methyl sites for hydroxylation is 1. The van der Waals surface area contributed by atoms with E-state index < -0.39 is 0 Å². The highest BCUT2D eigenvalue weighted by Crippen LogP contribution is 2.10. The van der Waals surface area contributed by atoms with Gasteiger partial charge in [0, 0.05) is 13.2 Å². The van der Waals surface area contributed by atoms with Crippen LogP contribution in [0.4, 0.5) is 5.69 Å². The lowest BCUT2D eigenvalue weighted by Crippen LogP contribution is -2.24. The summed E-state index contributed by atoms with van der Waals surface area (Å²) in [4.78, 5) is 3.98. The van der Waals surface area contributed by atoms with Crippen molar-refractivity contribution in [2.24, 2.45) is 0 Å². The van der Waals surface area contributed by atoms with E-state index in [9.17, 15) is 0 Å². The standard InChI is InChI=1S/C8H11N3S/c1-6-3-4-10-5-7(6)11-8(12)9-2/h3-5H,1-2H3,(H2,9,11,12). The number of thiocarbonyl (C=S) groups is 1. The molecule has 0 saturated heterocycles. The second-order valence-electron chi connectivity index (χ2n) is 2.39. The summed E-state index contributed by atoms with van der Waals surface area (Å²) >= 11 is 4.95. The number of aromatic nitrogens is 1. The molecule has 2 N–H and O–H groups in total. The van der Waals surface area contributed by atoms with Crippen LogP contribution >= 0.6 is 12.2 Å². The van der Waals surface area contributed by atoms with E-state index in [-0.39, 0.29) is 0 Å². The molecular weight excluding hydrogens is 170 g/mol. The summed E-state index contributed by atoms with van der Waals surface area (Å²) in [5, 5.41) is 6.45. The van der Waals surface area contributed by atoms with Crippen LogP contribution < -0.4 is 10.6 Å². The van der Waals surface area contributed by atoms with Crippen molar-refractivity contribution in [3.63, 3.8) is 0 Å². The minimum Gasteiger partial charge on any atom is -0.366 e. The fourth-order valence-electron chi connectivity index (χ4n) is 0.780. The van der Waals surface area contributed by atoms with Gasteiger partial charge in [0.15, 0.2) is 5.11 Å². The molecule has 0 fully saturated rings. The Morgan fingerprint density at radius 1 is 1.58 bits per heavy atom. The van der Waals surface area contributed by atoms with Crippen molar-refractivity contribution in [2.45, 2.75) is 6.92 Å². The van der Waals surface area contributed by atoms with E-state index in [0.717, 1.165) is 11.3 Å². The van der Waals surface area contributed by atoms with Gasteiger partial charge in [0.25, 0.3) is 0 Å². The third-order valence-corrected chi connectivity index (χ3v) is 1.82. The maximum Gasteiger partial charge on any atom is 0.170 e. The number of nitrogens with one attached hydrogen (secondary N) is 2. The van der Waals surface area contributed by atoms with Crippen LogP contribution in [0.2, 0.25) is 0 Å². The van der Waals surface area contributed by atoms with Crippen molar-refractivity contribution in [3.8, 4) is 0 Å². The van der Waals surface area contributed by atoms with Crippen LogP contribution in [-0.4, -0.2) is 17.1 Å². The van der Waals surface area contributed by atoms with Gasteiger partial charge in [-0.1, -0.05) is 0 Å². The molecule has 1 rings (SSSR count). The SMILES string of the molecule is CNC(=S)Nc1cnccc1C. The molecule has 12 heavy (non-hydrogen) atoms. The highest BCUT2D eigenvalue weighted by atomic mass is 32.1. The topological polar surface area (TPSA) is 37.0 Å². The zero-order chi connectivity index (χ0) is 8.97. The minimum atomic E-state index is 0.603. The van der Waals surface area contributed by atoms with E-state index in [1.54, 1.807) is 19.4 Å². The largest absolute Gasteiger partial charge is 0.366 e. The Balaban J connectivity index is 2.75. The number of hydrogen-bond donors (Lipinski definition) is 2. The van der Waals surface area contributed by atoms with Crippen molar-refractivity contribution in [1.82, 2.24) is 10.3 Å². The van der Waals surface area contributed by atoms with Crippen LogP contribution in [0.15, 0.2) is 18.5 Å². The smallest absolute Gasteiger partial charge is 0.170 e. The molecular formula is C8H11N3S. The molecule has 3 nitrogen and oxygen atoms in total. The van der Waals surface area contributed by atoms with Gasteiger partial charge in [-0.25, -0.2) is 0 Å². The number of rotatable bonds is 1. The molecule has 1 aromatic heterocycles. The quantitative estimate of drug-likeness (QED) is 0.640. The molecule has 0 aliphatic carbocycles. The molecule has 0 bridgehead atoms. The van der Waals surface area contributed by atoms with Crippen LogP contribution in [0.1, 0.15) is 5.56 Å². The number of pyridine rings is 1. The van der Waals surface area contributed by atoms with Gasteiger partial charge in [-0.05, 0) is 30.8 Å². The Labute approximate surface area is 77.2 Å². The Kier molecular flexibility index (Phi) is 2.99. The van der Waals surface area contributed by atoms with Crippen molar-refractivity contribution >= 4 is 23.0 Å². The zero-order valence-corrected chi connectivity index (χ0v) is 7.90. The summed E-state index contributed by atoms with van der Waals surface area (Å²) in [6.07, 6.45) is 3.50. The number of hydrogen-bond acceptors (Lipinski definition) is 2. The molecule has 0 aromatic carbocycles. The average molecular weight is 181 g/mol. The van der Waals surface area contributed by atoms with Crippen molar-refractivity contribution in [2.75, 3.05) is 12.4 Å². The van der Waals surface area contributed by atoms with Gasteiger partial charge in [-0.3, -0.25) is 4.98 Å². The first-order valence-electron chi connectivity index (χ1n) is 3.63. The molecule has 1 aromatic rings. The van der Waals surface area contributed by atoms with Crippen LogP contribution in [0.3, 0.4) is 0 Å². The molecule has 4 heteroatoms. The van der Waals surface area contributed by atoms with Gasteiger partial charge in [-0.2, -0.15) is 0 Å². The lowest BCUT2D eigenvalue weighted by molar-refractivity contribution is 1.19. The lowest BCUT2D eigenvalue weighted by atomic mass is 10.2. The first-order valence-corrected chi connectivity index (χ1v) is 4.04. The third-order valence-electron chi connectivity index (χ3n) is 1.51. The second kappa shape index (κ2) is 4.01. The van der Waals surface area contributed by atoms with Gasteiger partial charge >= 0.3 is 0 Å². The summed E-state index contributed by atoms with van der Waals surface area (Å²) < 4.78 is 0. The Bertz CT molecular complexity index is 285. The Morgan fingerprint density at radius 3 is 2.92 bits per heavy atom. The Morgan fingerprint density at radius 2 is 2.33 bits per heavy atom. The predicted octanol–water partition coefficient (Wildman–Crippen LogP) is 1.31. The molecule has 0 unspecified atom stereocenters. The van der Waals surface area contributed by atoms with E-state index in [1.807, 2.05) is 13.0 Å². The molecule has 1 heterocycles. The molecule has 0 saturated carbocycles. The first kappa shape index (κ1) is 8.93. The van der Waals surface area contributed by atoms with Gasteiger partial charge in [0.05, 0.1) is 11.9 Å². The summed E-state index contributed by atoms with van der Waals surface area (Å²) in [6.45, 7) is 2.00. The van der Waals surface area contributed by atoms with Crippen molar-refractivity contribution in [3.05, 3.63) is 24.0 Å². The third kappa shape index (κ3) is 2.17. The maximum absolute atomic E-state index is 4.95. The second-order valence-corrected chi connectivity index (χ2v) is 2.80. The lowest BCUT2D eigenvalue weighted by Gasteiger charge is -2.08. The zero-order valence-electron chi connectivity index (χ0n) is 7.09. The van der Waals surface area contributed by atoms with E-state index >= 15 is 0 Å². The number of nitrogens with zero attached hydrogens (tertiary/aromatic N) is 1. The van der Waals surface area contributed by atoms with Crippen LogP contribution in [-0.2, 0) is 0 Å². The van der Waals surface area contributed by atoms with Gasteiger partial charge in [0.2, 0.25) is 0 Å². The normalized spacial score (nSPS) is 9.17. The van der Waals surface area contributed by atoms with E-state index in [4.69, 9.17) is 12.2 Å². The summed E-state index contributed by atoms with van der Waals surface area (Å²) in [7, 11) is 1.78. The molecule has 64 valence electrons. The Hall–Kier alpha value is -1.16. The van der Waals surface area contributed by atoms with Crippen LogP contribution in [0.25, 0.3) is 0 Å². The van der Waals surface area contributed by atoms with E-state index in [2.05, 4.69) is 15.6 Å². The molecule has 0 aliphatic rings. The molecule has 0 radical (unpaired) electrons. The van der Waals surface area contributed by atoms with E-state index in [0.29, 0.717) is 5.11 Å². The average Bonchev–Trinajstić information content (AvgIpc) is 2.09. The highest BCUT2D eigenvalue weighted by molar-refractivity contribution is 7.80. The molecule has 0 spiro atoms. The fraction of sp³-hybridized carbons (Fsp3) is 0.250. The minimum absolute atomic E-state index is 0.603. The van der Waals surface area contributed by atoms with Gasteiger partial charge in [-0.15, -0.1) is 0 Å². The van der Waals surface area contributed by atoms with E-state index in [1.165, 1.54) is 0 Å². The summed E-state index contributed by atoms with van der Waals surface area (Å²) in [6, 6.07) is 1.93. The van der Waals surface area contributed by atoms with Crippen LogP contribution in [0.5, 0.6) is 0 Å². The maximum atomic E-state index is 4.95. The first-order chi connectivity index (χ1) is 5.74. The highest BCUT2D eigenvalue weighted by Gasteiger charge is 1.97. The van der Waals surface area contributed by atoms with Crippen molar-refractivity contribution in [1.29, 1.82) is 0 Å². The molecule has 0 atom stereocenters. The van der Waals surface area contributed by atoms with Crippen molar-refractivity contribution < 1.29 is 0 Å². The summed E-state index contributed by atoms with van der Waals surface area (Å²) in [5.74, 6) is 0. The van der Waals surface area contributed by atoms with Gasteiger partial charge < -0.3 is 10.6 Å². The number of anilines is 1. The predicted molar refractivity (Wildman–Crippen MR) is 54.3 cm³/mol. The molecule has 0 amide bonds.